The van der Waals surface area contributed by atoms with E-state index in [2.05, 4.69) is 45.9 Å². The molecule has 0 aliphatic heterocycles. The average Bonchev–Trinajstić information content (AvgIpc) is 2.31. The molecule has 1 nitrogen and oxygen atoms in total. The predicted molar refractivity (Wildman–Crippen MR) is 83.7 cm³/mol. The molecule has 0 radical (unpaired) electrons. The quantitative estimate of drug-likeness (QED) is 0.716. The van der Waals surface area contributed by atoms with Crippen LogP contribution in [0.15, 0.2) is 35.4 Å². The molecule has 1 N–H and O–H groups in total. The van der Waals surface area contributed by atoms with Crippen molar-refractivity contribution >= 4 is 0 Å². The second-order valence-corrected chi connectivity index (χ2v) is 5.66. The summed E-state index contributed by atoms with van der Waals surface area (Å²) in [5.41, 5.74) is 5.96. The fraction of sp³-hybridized carbons (Fsp3) is 0.444. The molecule has 19 heavy (non-hydrogen) atoms. The zero-order valence-corrected chi connectivity index (χ0v) is 12.9. The molecule has 0 saturated carbocycles. The van der Waals surface area contributed by atoms with Crippen molar-refractivity contribution < 1.29 is 5.11 Å². The summed E-state index contributed by atoms with van der Waals surface area (Å²) in [4.78, 5) is 0. The first-order valence-corrected chi connectivity index (χ1v) is 6.98. The topological polar surface area (TPSA) is 20.2 Å². The maximum Gasteiger partial charge on any atom is 0.122 e. The molecule has 0 unspecified atom stereocenters. The van der Waals surface area contributed by atoms with Crippen LogP contribution in [0, 0.1) is 13.8 Å². The zero-order chi connectivity index (χ0) is 14.4. The molecule has 0 saturated heterocycles. The van der Waals surface area contributed by atoms with Crippen LogP contribution in [0.4, 0.5) is 0 Å². The highest BCUT2D eigenvalue weighted by molar-refractivity contribution is 5.43. The Kier molecular flexibility index (Phi) is 5.88. The Morgan fingerprint density at radius 2 is 1.79 bits per heavy atom. The molecular formula is C18H26O. The summed E-state index contributed by atoms with van der Waals surface area (Å²) >= 11 is 0. The lowest BCUT2D eigenvalue weighted by Gasteiger charge is -2.08. The third kappa shape index (κ3) is 5.34. The Morgan fingerprint density at radius 1 is 1.11 bits per heavy atom. The van der Waals surface area contributed by atoms with Crippen molar-refractivity contribution in [3.05, 3.63) is 52.1 Å². The molecule has 104 valence electrons. The molecule has 0 spiro atoms. The average molecular weight is 258 g/mol. The number of benzene rings is 1. The van der Waals surface area contributed by atoms with Gasteiger partial charge in [0.15, 0.2) is 0 Å². The normalized spacial score (nSPS) is 11.5. The van der Waals surface area contributed by atoms with Crippen molar-refractivity contribution in [2.24, 2.45) is 0 Å². The van der Waals surface area contributed by atoms with Gasteiger partial charge in [0.2, 0.25) is 0 Å². The van der Waals surface area contributed by atoms with E-state index in [1.54, 1.807) is 0 Å². The molecule has 0 bridgehead atoms. The molecule has 1 rings (SSSR count). The van der Waals surface area contributed by atoms with E-state index in [0.29, 0.717) is 5.75 Å². The first-order chi connectivity index (χ1) is 8.90. The molecule has 0 aromatic heterocycles. The van der Waals surface area contributed by atoms with E-state index < -0.39 is 0 Å². The number of allylic oxidation sites excluding steroid dienone is 4. The van der Waals surface area contributed by atoms with Crippen molar-refractivity contribution in [2.45, 2.75) is 53.9 Å². The Hall–Kier alpha value is -1.50. The number of phenolic OH excluding ortho intramolecular Hbond substituents is 1. The smallest absolute Gasteiger partial charge is 0.122 e. The van der Waals surface area contributed by atoms with Gasteiger partial charge in [-0.2, -0.15) is 0 Å². The summed E-state index contributed by atoms with van der Waals surface area (Å²) in [5, 5.41) is 10.0. The predicted octanol–water partition coefficient (Wildman–Crippen LogP) is 5.24. The van der Waals surface area contributed by atoms with E-state index in [0.717, 1.165) is 30.4 Å². The Labute approximate surface area is 117 Å². The van der Waals surface area contributed by atoms with E-state index in [9.17, 15) is 5.11 Å². The summed E-state index contributed by atoms with van der Waals surface area (Å²) in [6, 6.07) is 4.09. The van der Waals surface area contributed by atoms with Crippen LogP contribution in [0.3, 0.4) is 0 Å². The van der Waals surface area contributed by atoms with Gasteiger partial charge in [-0.15, -0.1) is 0 Å². The van der Waals surface area contributed by atoms with Crippen molar-refractivity contribution in [2.75, 3.05) is 0 Å². The van der Waals surface area contributed by atoms with Crippen LogP contribution in [0.25, 0.3) is 0 Å². The fourth-order valence-electron chi connectivity index (χ4n) is 2.18. The van der Waals surface area contributed by atoms with Crippen LogP contribution >= 0.6 is 0 Å². The zero-order valence-electron chi connectivity index (χ0n) is 12.9. The van der Waals surface area contributed by atoms with E-state index in [1.165, 1.54) is 16.7 Å². The highest BCUT2D eigenvalue weighted by Crippen LogP contribution is 2.24. The van der Waals surface area contributed by atoms with Crippen LogP contribution in [-0.2, 0) is 6.42 Å². The van der Waals surface area contributed by atoms with Gasteiger partial charge >= 0.3 is 0 Å². The first kappa shape index (κ1) is 15.6. The van der Waals surface area contributed by atoms with E-state index >= 15 is 0 Å². The van der Waals surface area contributed by atoms with Gasteiger partial charge in [0, 0.05) is 0 Å². The lowest BCUT2D eigenvalue weighted by Crippen LogP contribution is -1.89. The summed E-state index contributed by atoms with van der Waals surface area (Å²) in [5.74, 6) is 0.443. The lowest BCUT2D eigenvalue weighted by atomic mass is 10.0. The fourth-order valence-corrected chi connectivity index (χ4v) is 2.18. The van der Waals surface area contributed by atoms with Gasteiger partial charge in [-0.05, 0) is 65.0 Å². The monoisotopic (exact) mass is 258 g/mol. The highest BCUT2D eigenvalue weighted by atomic mass is 16.3. The van der Waals surface area contributed by atoms with Gasteiger partial charge < -0.3 is 5.11 Å². The van der Waals surface area contributed by atoms with Gasteiger partial charge in [-0.3, -0.25) is 0 Å². The molecule has 0 aliphatic rings. The summed E-state index contributed by atoms with van der Waals surface area (Å²) < 4.78 is 0. The number of rotatable bonds is 5. The second kappa shape index (κ2) is 7.18. The molecular weight excluding hydrogens is 232 g/mol. The largest absolute Gasteiger partial charge is 0.507 e. The number of hydrogen-bond donors (Lipinski definition) is 1. The SMILES string of the molecule is CC(C)=CCC/C(C)=C/Cc1cc(C)cc(C)c1O. The Morgan fingerprint density at radius 3 is 2.42 bits per heavy atom. The van der Waals surface area contributed by atoms with Gasteiger partial charge in [0.1, 0.15) is 5.75 Å². The molecule has 1 aromatic carbocycles. The minimum Gasteiger partial charge on any atom is -0.507 e. The molecule has 0 aliphatic carbocycles. The second-order valence-electron chi connectivity index (χ2n) is 5.66. The van der Waals surface area contributed by atoms with Crippen molar-refractivity contribution in [1.82, 2.24) is 0 Å². The van der Waals surface area contributed by atoms with Crippen LogP contribution < -0.4 is 0 Å². The highest BCUT2D eigenvalue weighted by Gasteiger charge is 2.04. The molecule has 0 heterocycles. The van der Waals surface area contributed by atoms with Crippen molar-refractivity contribution in [3.63, 3.8) is 0 Å². The van der Waals surface area contributed by atoms with E-state index in [-0.39, 0.29) is 0 Å². The van der Waals surface area contributed by atoms with Gasteiger partial charge in [0.25, 0.3) is 0 Å². The minimum absolute atomic E-state index is 0.443. The summed E-state index contributed by atoms with van der Waals surface area (Å²) in [6.45, 7) is 10.5. The maximum absolute atomic E-state index is 10.0. The van der Waals surface area contributed by atoms with E-state index in [1.807, 2.05) is 13.0 Å². The number of phenols is 1. The van der Waals surface area contributed by atoms with Crippen molar-refractivity contribution in [3.8, 4) is 5.75 Å². The van der Waals surface area contributed by atoms with Crippen molar-refractivity contribution in [1.29, 1.82) is 0 Å². The van der Waals surface area contributed by atoms with Gasteiger partial charge in [-0.1, -0.05) is 41.0 Å². The molecule has 0 atom stereocenters. The van der Waals surface area contributed by atoms with Crippen LogP contribution in [0.5, 0.6) is 5.75 Å². The number of aromatic hydroxyl groups is 1. The number of aryl methyl sites for hydroxylation is 2. The third-order valence-corrected chi connectivity index (χ3v) is 3.29. The first-order valence-electron chi connectivity index (χ1n) is 6.98. The Bertz CT molecular complexity index is 489. The number of hydrogen-bond acceptors (Lipinski definition) is 1. The lowest BCUT2D eigenvalue weighted by molar-refractivity contribution is 0.465. The minimum atomic E-state index is 0.443. The standard InChI is InChI=1S/C18H26O/c1-13(2)7-6-8-14(3)9-10-17-12-15(4)11-16(5)18(17)19/h7,9,11-12,19H,6,8,10H2,1-5H3/b14-9+. The molecule has 0 fully saturated rings. The molecule has 1 heteroatoms. The van der Waals surface area contributed by atoms with Crippen LogP contribution in [0.2, 0.25) is 0 Å². The van der Waals surface area contributed by atoms with Crippen LogP contribution in [-0.4, -0.2) is 5.11 Å². The maximum atomic E-state index is 10.0. The summed E-state index contributed by atoms with van der Waals surface area (Å²) in [6.07, 6.45) is 7.51. The Balaban J connectivity index is 2.67. The van der Waals surface area contributed by atoms with Gasteiger partial charge in [0.05, 0.1) is 0 Å². The molecule has 0 amide bonds. The van der Waals surface area contributed by atoms with Gasteiger partial charge in [-0.25, -0.2) is 0 Å². The van der Waals surface area contributed by atoms with E-state index in [4.69, 9.17) is 0 Å². The summed E-state index contributed by atoms with van der Waals surface area (Å²) in [7, 11) is 0. The van der Waals surface area contributed by atoms with Crippen LogP contribution in [0.1, 0.15) is 50.3 Å². The third-order valence-electron chi connectivity index (χ3n) is 3.29. The molecule has 1 aromatic rings.